The molecule has 0 amide bonds. The van der Waals surface area contributed by atoms with E-state index >= 15 is 0 Å². The second kappa shape index (κ2) is 55.3. The standard InChI is InChI=1S/C66H126O11/c1-57(2)20-14-22-59(5)24-16-26-61(7)28-18-30-63(9)34-36-74-55-66(77-37-35-64(10)31-19-29-62(8)27-17-25-60(6)23-15-21-58(3)4)56-76-53-51-73-49-47-71-45-43-69-41-39-67-38-40-68-42-44-70-46-48-72-50-52-75-54-65-32-12-11-13-33-65/h11-13,32-33,57-64,66H,14-31,34-56H2,1-10H3/t59-,60-,61-,62-,63?,64?,66-/m0/s1. The largest absolute Gasteiger partial charge is 0.379 e. The van der Waals surface area contributed by atoms with E-state index in [1.807, 2.05) is 18.2 Å². The van der Waals surface area contributed by atoms with Crippen molar-refractivity contribution in [3.05, 3.63) is 35.9 Å². The number of hydrogen-bond donors (Lipinski definition) is 0. The summed E-state index contributed by atoms with van der Waals surface area (Å²) >= 11 is 0. The van der Waals surface area contributed by atoms with Gasteiger partial charge in [-0.15, -0.1) is 0 Å². The summed E-state index contributed by atoms with van der Waals surface area (Å²) in [7, 11) is 0. The van der Waals surface area contributed by atoms with Crippen molar-refractivity contribution in [2.75, 3.05) is 132 Å². The van der Waals surface area contributed by atoms with Crippen LogP contribution in [0.5, 0.6) is 0 Å². The molecule has 0 saturated heterocycles. The van der Waals surface area contributed by atoms with Crippen LogP contribution in [0.25, 0.3) is 0 Å². The van der Waals surface area contributed by atoms with Crippen LogP contribution < -0.4 is 0 Å². The molecule has 1 aromatic carbocycles. The Bertz CT molecular complexity index is 1310. The Kier molecular flexibility index (Phi) is 53.0. The minimum Gasteiger partial charge on any atom is -0.379 e. The molecule has 0 aliphatic carbocycles. The van der Waals surface area contributed by atoms with Crippen LogP contribution in [0, 0.1) is 47.3 Å². The van der Waals surface area contributed by atoms with Crippen molar-refractivity contribution in [2.45, 2.75) is 210 Å². The van der Waals surface area contributed by atoms with Crippen LogP contribution >= 0.6 is 0 Å². The molecule has 0 aromatic heterocycles. The second-order valence-electron chi connectivity index (χ2n) is 24.0. The molecule has 0 heterocycles. The van der Waals surface area contributed by atoms with Gasteiger partial charge in [-0.1, -0.05) is 215 Å². The van der Waals surface area contributed by atoms with E-state index in [9.17, 15) is 0 Å². The van der Waals surface area contributed by atoms with Crippen molar-refractivity contribution in [3.8, 4) is 0 Å². The Balaban J connectivity index is 2.17. The van der Waals surface area contributed by atoms with E-state index in [4.69, 9.17) is 52.1 Å². The molecule has 0 N–H and O–H groups in total. The van der Waals surface area contributed by atoms with Gasteiger partial charge in [0.2, 0.25) is 0 Å². The first-order chi connectivity index (χ1) is 37.4. The highest BCUT2D eigenvalue weighted by atomic mass is 16.6. The molecule has 0 fully saturated rings. The normalized spacial score (nSPS) is 14.9. The molecular formula is C66H126O11. The van der Waals surface area contributed by atoms with Crippen LogP contribution in [-0.2, 0) is 58.7 Å². The predicted molar refractivity (Wildman–Crippen MR) is 320 cm³/mol. The summed E-state index contributed by atoms with van der Waals surface area (Å²) in [6, 6.07) is 10.1. The molecule has 1 aromatic rings. The highest BCUT2D eigenvalue weighted by molar-refractivity contribution is 5.13. The molecule has 11 nitrogen and oxygen atoms in total. The number of ether oxygens (including phenoxy) is 11. The van der Waals surface area contributed by atoms with Gasteiger partial charge < -0.3 is 52.1 Å². The van der Waals surface area contributed by atoms with Crippen molar-refractivity contribution in [1.82, 2.24) is 0 Å². The monoisotopic (exact) mass is 1090 g/mol. The Morgan fingerprint density at radius 1 is 0.260 bits per heavy atom. The van der Waals surface area contributed by atoms with Gasteiger partial charge in [-0.2, -0.15) is 0 Å². The van der Waals surface area contributed by atoms with Gasteiger partial charge in [0, 0.05) is 13.2 Å². The summed E-state index contributed by atoms with van der Waals surface area (Å²) in [5, 5.41) is 0. The third kappa shape index (κ3) is 53.8. The SMILES string of the molecule is CC(C)CCC[C@H](C)CCC[C@H](C)CCCC(C)CCOC[C@@H](COCCOCCOCCOCCOCCOCCOCCOCCOCc1ccccc1)OCCC(C)CCC[C@@H](C)CCC[C@@H](C)CCCC(C)C. The Morgan fingerprint density at radius 2 is 0.519 bits per heavy atom. The fourth-order valence-corrected chi connectivity index (χ4v) is 9.59. The summed E-state index contributed by atoms with van der Waals surface area (Å²) in [5.74, 6) is 6.39. The summed E-state index contributed by atoms with van der Waals surface area (Å²) in [4.78, 5) is 0. The second-order valence-corrected chi connectivity index (χ2v) is 24.0. The third-order valence-electron chi connectivity index (χ3n) is 14.9. The zero-order chi connectivity index (χ0) is 56.1. The number of rotatable bonds is 61. The van der Waals surface area contributed by atoms with Crippen LogP contribution in [0.2, 0.25) is 0 Å². The molecule has 7 atom stereocenters. The van der Waals surface area contributed by atoms with Crippen LogP contribution in [0.15, 0.2) is 30.3 Å². The first kappa shape index (κ1) is 73.8. The van der Waals surface area contributed by atoms with E-state index in [0.29, 0.717) is 137 Å². The zero-order valence-corrected chi connectivity index (χ0v) is 52.1. The van der Waals surface area contributed by atoms with Gasteiger partial charge in [0.25, 0.3) is 0 Å². The van der Waals surface area contributed by atoms with Gasteiger partial charge in [0.1, 0.15) is 6.10 Å². The highest BCUT2D eigenvalue weighted by Gasteiger charge is 2.14. The van der Waals surface area contributed by atoms with Crippen molar-refractivity contribution >= 4 is 0 Å². The highest BCUT2D eigenvalue weighted by Crippen LogP contribution is 2.25. The van der Waals surface area contributed by atoms with E-state index in [0.717, 1.165) is 67.1 Å². The molecule has 0 aliphatic heterocycles. The molecule has 1 rings (SSSR count). The molecular weight excluding hydrogens is 969 g/mol. The molecule has 0 aliphatic rings. The van der Waals surface area contributed by atoms with E-state index in [-0.39, 0.29) is 6.10 Å². The van der Waals surface area contributed by atoms with E-state index in [1.165, 1.54) is 116 Å². The minimum absolute atomic E-state index is 0.0736. The molecule has 456 valence electrons. The van der Waals surface area contributed by atoms with Crippen LogP contribution in [0.4, 0.5) is 0 Å². The van der Waals surface area contributed by atoms with Crippen LogP contribution in [0.1, 0.15) is 203 Å². The first-order valence-electron chi connectivity index (χ1n) is 31.9. The van der Waals surface area contributed by atoms with E-state index in [1.54, 1.807) is 0 Å². The molecule has 77 heavy (non-hydrogen) atoms. The van der Waals surface area contributed by atoms with Gasteiger partial charge in [-0.25, -0.2) is 0 Å². The molecule has 0 saturated carbocycles. The Labute approximate surface area is 476 Å². The zero-order valence-electron chi connectivity index (χ0n) is 52.1. The van der Waals surface area contributed by atoms with Gasteiger partial charge in [-0.3, -0.25) is 0 Å². The fourth-order valence-electron chi connectivity index (χ4n) is 9.59. The molecule has 0 radical (unpaired) electrons. The quantitative estimate of drug-likeness (QED) is 0.0583. The average molecular weight is 1100 g/mol. The molecule has 0 bridgehead atoms. The summed E-state index contributed by atoms with van der Waals surface area (Å²) in [5.41, 5.74) is 1.16. The number of hydrogen-bond acceptors (Lipinski definition) is 11. The summed E-state index contributed by atoms with van der Waals surface area (Å²) in [6.45, 7) is 35.6. The topological polar surface area (TPSA) is 102 Å². The molecule has 11 heteroatoms. The van der Waals surface area contributed by atoms with Crippen LogP contribution in [0.3, 0.4) is 0 Å². The predicted octanol–water partition coefficient (Wildman–Crippen LogP) is 15.7. The maximum Gasteiger partial charge on any atom is 0.104 e. The van der Waals surface area contributed by atoms with Crippen LogP contribution in [-0.4, -0.2) is 138 Å². The third-order valence-corrected chi connectivity index (χ3v) is 14.9. The van der Waals surface area contributed by atoms with Crippen molar-refractivity contribution in [3.63, 3.8) is 0 Å². The number of benzene rings is 1. The van der Waals surface area contributed by atoms with Gasteiger partial charge in [-0.05, 0) is 65.7 Å². The maximum atomic E-state index is 6.45. The van der Waals surface area contributed by atoms with E-state index < -0.39 is 0 Å². The van der Waals surface area contributed by atoms with Crippen molar-refractivity contribution in [1.29, 1.82) is 0 Å². The van der Waals surface area contributed by atoms with Crippen molar-refractivity contribution < 1.29 is 52.1 Å². The lowest BCUT2D eigenvalue weighted by Gasteiger charge is -2.21. The van der Waals surface area contributed by atoms with E-state index in [2.05, 4.69) is 81.4 Å². The lowest BCUT2D eigenvalue weighted by molar-refractivity contribution is -0.0723. The Morgan fingerprint density at radius 3 is 0.844 bits per heavy atom. The average Bonchev–Trinajstić information content (AvgIpc) is 3.39. The maximum absolute atomic E-state index is 6.45. The summed E-state index contributed by atoms with van der Waals surface area (Å²) in [6.07, 6.45) is 26.6. The lowest BCUT2D eigenvalue weighted by Crippen LogP contribution is -2.28. The fraction of sp³-hybridized carbons (Fsp3) is 0.909. The molecule has 0 spiro atoms. The summed E-state index contributed by atoms with van der Waals surface area (Å²) < 4.78 is 63.8. The van der Waals surface area contributed by atoms with Gasteiger partial charge in [0.15, 0.2) is 0 Å². The smallest absolute Gasteiger partial charge is 0.104 e. The molecule has 2 unspecified atom stereocenters. The Hall–Kier alpha value is -1.22. The van der Waals surface area contributed by atoms with Gasteiger partial charge in [0.05, 0.1) is 126 Å². The minimum atomic E-state index is -0.0736. The van der Waals surface area contributed by atoms with Crippen molar-refractivity contribution in [2.24, 2.45) is 47.3 Å². The van der Waals surface area contributed by atoms with Gasteiger partial charge >= 0.3 is 0 Å². The lowest BCUT2D eigenvalue weighted by atomic mass is 9.91. The first-order valence-corrected chi connectivity index (χ1v) is 31.9.